The summed E-state index contributed by atoms with van der Waals surface area (Å²) in [6.07, 6.45) is 0. The number of non-ortho nitro benzene ring substituents is 1. The molecule has 0 heterocycles. The summed E-state index contributed by atoms with van der Waals surface area (Å²) in [5.41, 5.74) is 0.252. The zero-order valence-corrected chi connectivity index (χ0v) is 13.5. The Kier molecular flexibility index (Phi) is 4.91. The first-order valence-corrected chi connectivity index (χ1v) is 7.09. The molecule has 0 aromatic heterocycles. The molecule has 8 heteroatoms. The van der Waals surface area contributed by atoms with E-state index in [2.05, 4.69) is 5.32 Å². The van der Waals surface area contributed by atoms with Gasteiger partial charge in [0, 0.05) is 15.7 Å². The van der Waals surface area contributed by atoms with E-state index in [1.807, 2.05) is 22.6 Å². The lowest BCUT2D eigenvalue weighted by atomic mass is 10.2. The molecule has 0 atom stereocenters. The first-order valence-electron chi connectivity index (χ1n) is 6.01. The van der Waals surface area contributed by atoms with Crippen molar-refractivity contribution in [3.63, 3.8) is 0 Å². The standard InChI is InChI=1S/C14H10FIN2O4/c1-22-13-5-3-9(18(20)21)7-12(13)17-14(19)10-4-2-8(15)6-11(10)16/h2-7H,1H3,(H,17,19). The lowest BCUT2D eigenvalue weighted by Crippen LogP contribution is -2.14. The lowest BCUT2D eigenvalue weighted by Gasteiger charge is -2.11. The summed E-state index contributed by atoms with van der Waals surface area (Å²) in [5.74, 6) is -0.673. The number of carbonyl (C=O) groups is 1. The van der Waals surface area contributed by atoms with Gasteiger partial charge in [-0.2, -0.15) is 0 Å². The van der Waals surface area contributed by atoms with Crippen molar-refractivity contribution in [1.29, 1.82) is 0 Å². The molecule has 0 aliphatic heterocycles. The highest BCUT2D eigenvalue weighted by atomic mass is 127. The van der Waals surface area contributed by atoms with E-state index >= 15 is 0 Å². The maximum absolute atomic E-state index is 13.1. The molecule has 0 saturated carbocycles. The van der Waals surface area contributed by atoms with Gasteiger partial charge < -0.3 is 10.1 Å². The molecule has 1 N–H and O–H groups in total. The molecule has 0 radical (unpaired) electrons. The van der Waals surface area contributed by atoms with Gasteiger partial charge in [-0.1, -0.05) is 0 Å². The molecule has 0 bridgehead atoms. The minimum atomic E-state index is -0.573. The fraction of sp³-hybridized carbons (Fsp3) is 0.0714. The smallest absolute Gasteiger partial charge is 0.271 e. The predicted octanol–water partition coefficient (Wildman–Crippen LogP) is 3.60. The summed E-state index contributed by atoms with van der Waals surface area (Å²) in [6.45, 7) is 0. The molecule has 114 valence electrons. The molecule has 1 amide bonds. The van der Waals surface area contributed by atoms with Gasteiger partial charge in [-0.15, -0.1) is 0 Å². The zero-order chi connectivity index (χ0) is 16.3. The quantitative estimate of drug-likeness (QED) is 0.469. The molecule has 0 spiro atoms. The second-order valence-electron chi connectivity index (χ2n) is 4.22. The fourth-order valence-electron chi connectivity index (χ4n) is 1.77. The Morgan fingerprint density at radius 2 is 2.05 bits per heavy atom. The number of carbonyl (C=O) groups excluding carboxylic acids is 1. The molecule has 0 saturated heterocycles. The molecular weight excluding hydrogens is 406 g/mol. The number of nitro benzene ring substituents is 1. The van der Waals surface area contributed by atoms with E-state index in [1.165, 1.54) is 43.5 Å². The lowest BCUT2D eigenvalue weighted by molar-refractivity contribution is -0.384. The van der Waals surface area contributed by atoms with Crippen molar-refractivity contribution in [3.05, 3.63) is 61.5 Å². The maximum Gasteiger partial charge on any atom is 0.271 e. The third-order valence-corrected chi connectivity index (χ3v) is 3.71. The van der Waals surface area contributed by atoms with E-state index in [-0.39, 0.29) is 22.7 Å². The van der Waals surface area contributed by atoms with Crippen LogP contribution in [0.15, 0.2) is 36.4 Å². The number of hydrogen-bond acceptors (Lipinski definition) is 4. The van der Waals surface area contributed by atoms with Gasteiger partial charge in [0.05, 0.1) is 23.3 Å². The molecular formula is C14H10FIN2O4. The summed E-state index contributed by atoms with van der Waals surface area (Å²) in [7, 11) is 1.39. The van der Waals surface area contributed by atoms with Gasteiger partial charge in [-0.3, -0.25) is 14.9 Å². The molecule has 0 aliphatic rings. The van der Waals surface area contributed by atoms with Crippen LogP contribution in [0.1, 0.15) is 10.4 Å². The Bertz CT molecular complexity index is 752. The normalized spacial score (nSPS) is 10.1. The third kappa shape index (κ3) is 3.50. The van der Waals surface area contributed by atoms with Crippen molar-refractivity contribution >= 4 is 39.9 Å². The summed E-state index contributed by atoms with van der Waals surface area (Å²) < 4.78 is 18.6. The van der Waals surface area contributed by atoms with Crippen molar-refractivity contribution in [2.24, 2.45) is 0 Å². The van der Waals surface area contributed by atoms with Crippen LogP contribution in [0.25, 0.3) is 0 Å². The van der Waals surface area contributed by atoms with Crippen LogP contribution >= 0.6 is 22.6 Å². The van der Waals surface area contributed by atoms with Crippen LogP contribution in [0.4, 0.5) is 15.8 Å². The number of anilines is 1. The Hall–Kier alpha value is -2.23. The average molecular weight is 416 g/mol. The summed E-state index contributed by atoms with van der Waals surface area (Å²) in [5, 5.41) is 13.3. The van der Waals surface area contributed by atoms with Gasteiger partial charge in [0.25, 0.3) is 11.6 Å². The Morgan fingerprint density at radius 1 is 1.32 bits per heavy atom. The number of nitrogens with one attached hydrogen (secondary N) is 1. The highest BCUT2D eigenvalue weighted by Crippen LogP contribution is 2.29. The highest BCUT2D eigenvalue weighted by Gasteiger charge is 2.16. The van der Waals surface area contributed by atoms with Crippen LogP contribution in [-0.4, -0.2) is 17.9 Å². The monoisotopic (exact) mass is 416 g/mol. The molecule has 2 aromatic rings. The highest BCUT2D eigenvalue weighted by molar-refractivity contribution is 14.1. The Morgan fingerprint density at radius 3 is 2.64 bits per heavy atom. The zero-order valence-electron chi connectivity index (χ0n) is 11.3. The second kappa shape index (κ2) is 6.69. The predicted molar refractivity (Wildman–Crippen MR) is 86.7 cm³/mol. The Balaban J connectivity index is 2.34. The van der Waals surface area contributed by atoms with Crippen molar-refractivity contribution in [3.8, 4) is 5.75 Å². The van der Waals surface area contributed by atoms with Gasteiger partial charge in [0.15, 0.2) is 0 Å². The van der Waals surface area contributed by atoms with E-state index in [0.717, 1.165) is 0 Å². The molecule has 2 aromatic carbocycles. The first-order chi connectivity index (χ1) is 10.4. The van der Waals surface area contributed by atoms with E-state index in [0.29, 0.717) is 3.57 Å². The summed E-state index contributed by atoms with van der Waals surface area (Å²) >= 11 is 1.84. The van der Waals surface area contributed by atoms with Gasteiger partial charge in [-0.05, 0) is 46.9 Å². The number of amides is 1. The van der Waals surface area contributed by atoms with Crippen LogP contribution in [0.3, 0.4) is 0 Å². The number of benzene rings is 2. The van der Waals surface area contributed by atoms with Crippen molar-refractivity contribution in [1.82, 2.24) is 0 Å². The topological polar surface area (TPSA) is 81.5 Å². The number of nitro groups is 1. The second-order valence-corrected chi connectivity index (χ2v) is 5.38. The number of hydrogen-bond donors (Lipinski definition) is 1. The van der Waals surface area contributed by atoms with E-state index in [4.69, 9.17) is 4.74 Å². The van der Waals surface area contributed by atoms with Gasteiger partial charge >= 0.3 is 0 Å². The minimum Gasteiger partial charge on any atom is -0.495 e. The number of rotatable bonds is 4. The van der Waals surface area contributed by atoms with Gasteiger partial charge in [0.1, 0.15) is 11.6 Å². The maximum atomic E-state index is 13.1. The molecule has 22 heavy (non-hydrogen) atoms. The van der Waals surface area contributed by atoms with Gasteiger partial charge in [0.2, 0.25) is 0 Å². The molecule has 2 rings (SSSR count). The van der Waals surface area contributed by atoms with E-state index in [1.54, 1.807) is 0 Å². The van der Waals surface area contributed by atoms with Crippen LogP contribution in [0, 0.1) is 19.5 Å². The van der Waals surface area contributed by atoms with Crippen molar-refractivity contribution in [2.75, 3.05) is 12.4 Å². The van der Waals surface area contributed by atoms with Gasteiger partial charge in [-0.25, -0.2) is 4.39 Å². The van der Waals surface area contributed by atoms with E-state index < -0.39 is 16.6 Å². The number of ether oxygens (including phenoxy) is 1. The Labute approximate surface area is 138 Å². The van der Waals surface area contributed by atoms with Crippen LogP contribution < -0.4 is 10.1 Å². The number of nitrogens with zero attached hydrogens (tertiary/aromatic N) is 1. The third-order valence-electron chi connectivity index (χ3n) is 2.82. The first kappa shape index (κ1) is 16.1. The van der Waals surface area contributed by atoms with E-state index in [9.17, 15) is 19.3 Å². The van der Waals surface area contributed by atoms with Crippen molar-refractivity contribution < 1.29 is 18.8 Å². The van der Waals surface area contributed by atoms with Crippen LogP contribution in [0.5, 0.6) is 5.75 Å². The largest absolute Gasteiger partial charge is 0.495 e. The fourth-order valence-corrected chi connectivity index (χ4v) is 2.49. The number of methoxy groups -OCH3 is 1. The van der Waals surface area contributed by atoms with Crippen LogP contribution in [-0.2, 0) is 0 Å². The summed E-state index contributed by atoms with van der Waals surface area (Å²) in [4.78, 5) is 22.5. The van der Waals surface area contributed by atoms with Crippen LogP contribution in [0.2, 0.25) is 0 Å². The van der Waals surface area contributed by atoms with Crippen molar-refractivity contribution in [2.45, 2.75) is 0 Å². The SMILES string of the molecule is COc1ccc([N+](=O)[O-])cc1NC(=O)c1ccc(F)cc1I. The average Bonchev–Trinajstić information content (AvgIpc) is 2.46. The summed E-state index contributed by atoms with van der Waals surface area (Å²) in [6, 6.07) is 7.60. The molecule has 0 unspecified atom stereocenters. The molecule has 6 nitrogen and oxygen atoms in total. The molecule has 0 aliphatic carbocycles. The number of halogens is 2. The minimum absolute atomic E-state index is 0.168. The molecule has 0 fully saturated rings.